The quantitative estimate of drug-likeness (QED) is 0.800. The summed E-state index contributed by atoms with van der Waals surface area (Å²) in [5, 5.41) is 10.8. The molecule has 2 aliphatic rings. The van der Waals surface area contributed by atoms with E-state index in [1.807, 2.05) is 0 Å². The number of pyridine rings is 1. The molecule has 1 heterocycles. The highest BCUT2D eigenvalue weighted by atomic mass is 32.2. The Kier molecular flexibility index (Phi) is 2.45. The van der Waals surface area contributed by atoms with Crippen molar-refractivity contribution in [1.29, 1.82) is 5.26 Å². The summed E-state index contributed by atoms with van der Waals surface area (Å²) >= 11 is 1.80. The lowest BCUT2D eigenvalue weighted by molar-refractivity contribution is 0.657. The molecule has 2 nitrogen and oxygen atoms in total. The predicted octanol–water partition coefficient (Wildman–Crippen LogP) is 3.33. The molecule has 1 atom stereocenters. The van der Waals surface area contributed by atoms with Gasteiger partial charge in [-0.05, 0) is 42.7 Å². The molecule has 0 amide bonds. The molecule has 88 valence electrons. The number of thioether (sulfide) groups is 1. The number of fused-ring (bicyclic) bond motifs is 1. The Bertz CT molecular complexity index is 514. The molecule has 3 heteroatoms. The molecule has 0 bridgehead atoms. The van der Waals surface area contributed by atoms with Crippen molar-refractivity contribution in [1.82, 2.24) is 4.98 Å². The normalized spacial score (nSPS) is 24.2. The van der Waals surface area contributed by atoms with Crippen molar-refractivity contribution >= 4 is 11.8 Å². The van der Waals surface area contributed by atoms with Crippen LogP contribution in [0.5, 0.6) is 0 Å². The summed E-state index contributed by atoms with van der Waals surface area (Å²) in [4.78, 5) is 4.71. The van der Waals surface area contributed by atoms with Gasteiger partial charge in [-0.1, -0.05) is 13.8 Å². The number of rotatable bonds is 2. The van der Waals surface area contributed by atoms with Crippen molar-refractivity contribution in [3.63, 3.8) is 0 Å². The van der Waals surface area contributed by atoms with E-state index in [-0.39, 0.29) is 0 Å². The Morgan fingerprint density at radius 1 is 1.47 bits per heavy atom. The van der Waals surface area contributed by atoms with Gasteiger partial charge in [0.1, 0.15) is 11.1 Å². The Balaban J connectivity index is 1.91. The van der Waals surface area contributed by atoms with Gasteiger partial charge in [-0.15, -0.1) is 11.8 Å². The highest BCUT2D eigenvalue weighted by Crippen LogP contribution is 2.55. The van der Waals surface area contributed by atoms with Gasteiger partial charge in [0.05, 0.1) is 5.56 Å². The second-order valence-corrected chi connectivity index (χ2v) is 6.90. The fraction of sp³-hybridized carbons (Fsp3) is 0.571. The summed E-state index contributed by atoms with van der Waals surface area (Å²) in [6, 6.07) is 4.36. The van der Waals surface area contributed by atoms with E-state index in [0.29, 0.717) is 10.7 Å². The van der Waals surface area contributed by atoms with Gasteiger partial charge >= 0.3 is 0 Å². The molecule has 17 heavy (non-hydrogen) atoms. The number of nitriles is 1. The minimum atomic E-state index is 0.429. The van der Waals surface area contributed by atoms with Crippen molar-refractivity contribution < 1.29 is 0 Å². The van der Waals surface area contributed by atoms with Gasteiger partial charge in [0, 0.05) is 10.9 Å². The van der Waals surface area contributed by atoms with Crippen LogP contribution in [0, 0.1) is 16.7 Å². The molecule has 2 aliphatic carbocycles. The average Bonchev–Trinajstić information content (AvgIpc) is 2.73. The highest BCUT2D eigenvalue weighted by Gasteiger charge is 2.46. The highest BCUT2D eigenvalue weighted by molar-refractivity contribution is 8.00. The number of hydrogen-bond donors (Lipinski definition) is 0. The molecule has 1 aromatic rings. The van der Waals surface area contributed by atoms with Crippen molar-refractivity contribution in [3.05, 3.63) is 22.9 Å². The number of aryl methyl sites for hydroxylation is 2. The Hall–Kier alpha value is -1.01. The summed E-state index contributed by atoms with van der Waals surface area (Å²) < 4.78 is 0. The van der Waals surface area contributed by atoms with E-state index in [1.54, 1.807) is 11.8 Å². The van der Waals surface area contributed by atoms with Gasteiger partial charge in [-0.2, -0.15) is 5.26 Å². The topological polar surface area (TPSA) is 36.7 Å². The van der Waals surface area contributed by atoms with Crippen LogP contribution in [0.4, 0.5) is 0 Å². The van der Waals surface area contributed by atoms with Crippen LogP contribution in [0.15, 0.2) is 11.1 Å². The van der Waals surface area contributed by atoms with Gasteiger partial charge in [-0.3, -0.25) is 0 Å². The second-order valence-electron chi connectivity index (χ2n) is 5.71. The zero-order valence-electron chi connectivity index (χ0n) is 10.3. The summed E-state index contributed by atoms with van der Waals surface area (Å²) in [7, 11) is 0. The van der Waals surface area contributed by atoms with Crippen molar-refractivity contribution in [2.24, 2.45) is 5.41 Å². The third-order valence-corrected chi connectivity index (χ3v) is 5.44. The van der Waals surface area contributed by atoms with Crippen molar-refractivity contribution in [2.75, 3.05) is 0 Å². The van der Waals surface area contributed by atoms with Gasteiger partial charge in [0.2, 0.25) is 0 Å². The van der Waals surface area contributed by atoms with E-state index in [4.69, 9.17) is 4.98 Å². The largest absolute Gasteiger partial charge is 0.245 e. The maximum atomic E-state index is 9.21. The predicted molar refractivity (Wildman–Crippen MR) is 69.0 cm³/mol. The molecule has 0 aromatic carbocycles. The lowest BCUT2D eigenvalue weighted by Gasteiger charge is -2.07. The van der Waals surface area contributed by atoms with E-state index in [2.05, 4.69) is 26.0 Å². The fourth-order valence-electron chi connectivity index (χ4n) is 2.38. The number of hydrogen-bond acceptors (Lipinski definition) is 3. The molecule has 1 unspecified atom stereocenters. The summed E-state index contributed by atoms with van der Waals surface area (Å²) in [5.41, 5.74) is 3.72. The molecular formula is C14H16N2S. The van der Waals surface area contributed by atoms with E-state index >= 15 is 0 Å². The molecule has 0 radical (unpaired) electrons. The zero-order chi connectivity index (χ0) is 12.0. The maximum Gasteiger partial charge on any atom is 0.114 e. The Morgan fingerprint density at radius 3 is 2.88 bits per heavy atom. The van der Waals surface area contributed by atoms with Crippen molar-refractivity contribution in [3.8, 4) is 6.07 Å². The summed E-state index contributed by atoms with van der Waals surface area (Å²) in [6.45, 7) is 4.56. The summed E-state index contributed by atoms with van der Waals surface area (Å²) in [5.74, 6) is 0. The molecule has 0 aliphatic heterocycles. The van der Waals surface area contributed by atoms with Crippen LogP contribution >= 0.6 is 11.8 Å². The molecule has 0 spiro atoms. The van der Waals surface area contributed by atoms with Crippen molar-refractivity contribution in [2.45, 2.75) is 49.8 Å². The molecule has 3 rings (SSSR count). The van der Waals surface area contributed by atoms with E-state index in [1.165, 1.54) is 24.1 Å². The number of aromatic nitrogens is 1. The van der Waals surface area contributed by atoms with E-state index in [9.17, 15) is 5.26 Å². The minimum Gasteiger partial charge on any atom is -0.245 e. The first-order valence-electron chi connectivity index (χ1n) is 6.20. The smallest absolute Gasteiger partial charge is 0.114 e. The Morgan fingerprint density at radius 2 is 2.24 bits per heavy atom. The van der Waals surface area contributed by atoms with Crippen LogP contribution in [0.3, 0.4) is 0 Å². The first-order chi connectivity index (χ1) is 8.10. The molecule has 1 aromatic heterocycles. The van der Waals surface area contributed by atoms with Gasteiger partial charge < -0.3 is 0 Å². The van der Waals surface area contributed by atoms with Crippen LogP contribution in [-0.4, -0.2) is 10.2 Å². The second kappa shape index (κ2) is 3.74. The third-order valence-electron chi connectivity index (χ3n) is 3.81. The molecule has 1 saturated carbocycles. The SMILES string of the molecule is CC1(C)CC1Sc1nc2c(cc1C#N)CCC2. The molecule has 1 fully saturated rings. The van der Waals surface area contributed by atoms with Gasteiger partial charge in [0.25, 0.3) is 0 Å². The molecular weight excluding hydrogens is 228 g/mol. The van der Waals surface area contributed by atoms with E-state index < -0.39 is 0 Å². The first-order valence-corrected chi connectivity index (χ1v) is 7.08. The molecule has 0 saturated heterocycles. The van der Waals surface area contributed by atoms with E-state index in [0.717, 1.165) is 23.4 Å². The monoisotopic (exact) mass is 244 g/mol. The lowest BCUT2D eigenvalue weighted by atomic mass is 10.2. The van der Waals surface area contributed by atoms with Crippen LogP contribution in [-0.2, 0) is 12.8 Å². The van der Waals surface area contributed by atoms with Crippen LogP contribution in [0.25, 0.3) is 0 Å². The lowest BCUT2D eigenvalue weighted by Crippen LogP contribution is -1.97. The minimum absolute atomic E-state index is 0.429. The van der Waals surface area contributed by atoms with Gasteiger partial charge in [-0.25, -0.2) is 4.98 Å². The first kappa shape index (κ1) is 11.1. The summed E-state index contributed by atoms with van der Waals surface area (Å²) in [6.07, 6.45) is 4.61. The fourth-order valence-corrected chi connectivity index (χ4v) is 3.87. The Labute approximate surface area is 106 Å². The maximum absolute atomic E-state index is 9.21. The number of nitrogens with zero attached hydrogens (tertiary/aromatic N) is 2. The third kappa shape index (κ3) is 1.95. The van der Waals surface area contributed by atoms with Crippen LogP contribution in [0.2, 0.25) is 0 Å². The van der Waals surface area contributed by atoms with Gasteiger partial charge in [0.15, 0.2) is 0 Å². The average molecular weight is 244 g/mol. The van der Waals surface area contributed by atoms with Crippen LogP contribution < -0.4 is 0 Å². The standard InChI is InChI=1S/C14H16N2S/c1-14(2)7-12(14)17-13-10(8-15)6-9-4-3-5-11(9)16-13/h6,12H,3-5,7H2,1-2H3. The van der Waals surface area contributed by atoms with Crippen LogP contribution in [0.1, 0.15) is 43.5 Å². The zero-order valence-corrected chi connectivity index (χ0v) is 11.1. The molecule has 0 N–H and O–H groups in total.